The summed E-state index contributed by atoms with van der Waals surface area (Å²) in [6.45, 7) is 9.56. The molecule has 0 radical (unpaired) electrons. The number of allylic oxidation sites excluding steroid dienone is 1. The zero-order chi connectivity index (χ0) is 11.3. The molecule has 3 unspecified atom stereocenters. The predicted octanol–water partition coefficient (Wildman–Crippen LogP) is 2.41. The molecule has 1 heterocycles. The first-order chi connectivity index (χ1) is 7.13. The first kappa shape index (κ1) is 12.7. The second-order valence-corrected chi connectivity index (χ2v) is 5.01. The van der Waals surface area contributed by atoms with Crippen LogP contribution in [-0.2, 0) is 0 Å². The van der Waals surface area contributed by atoms with Crippen molar-refractivity contribution < 1.29 is 0 Å². The Bertz CT molecular complexity index is 181. The van der Waals surface area contributed by atoms with Gasteiger partial charge in [0, 0.05) is 24.7 Å². The molecular weight excluding hydrogens is 184 g/mol. The van der Waals surface area contributed by atoms with Crippen molar-refractivity contribution in [2.45, 2.75) is 57.7 Å². The van der Waals surface area contributed by atoms with E-state index in [1.54, 1.807) is 0 Å². The SMILES string of the molecule is C=CCCCC(C)NC1CC(C)N(C)C1. The summed E-state index contributed by atoms with van der Waals surface area (Å²) in [5, 5.41) is 3.72. The van der Waals surface area contributed by atoms with E-state index in [4.69, 9.17) is 0 Å². The van der Waals surface area contributed by atoms with Crippen LogP contribution < -0.4 is 5.32 Å². The average Bonchev–Trinajstić information content (AvgIpc) is 2.46. The molecule has 0 aromatic heterocycles. The number of hydrogen-bond acceptors (Lipinski definition) is 2. The third kappa shape index (κ3) is 4.35. The Labute approximate surface area is 94.7 Å². The summed E-state index contributed by atoms with van der Waals surface area (Å²) in [6.07, 6.45) is 6.98. The summed E-state index contributed by atoms with van der Waals surface area (Å²) in [5.41, 5.74) is 0. The molecule has 3 atom stereocenters. The van der Waals surface area contributed by atoms with Crippen molar-refractivity contribution in [1.82, 2.24) is 10.2 Å². The summed E-state index contributed by atoms with van der Waals surface area (Å²) in [4.78, 5) is 2.44. The summed E-state index contributed by atoms with van der Waals surface area (Å²) in [5.74, 6) is 0. The molecule has 0 saturated carbocycles. The number of unbranched alkanes of at least 4 members (excludes halogenated alkanes) is 1. The van der Waals surface area contributed by atoms with Gasteiger partial charge in [-0.05, 0) is 46.6 Å². The summed E-state index contributed by atoms with van der Waals surface area (Å²) >= 11 is 0. The molecule has 2 heteroatoms. The van der Waals surface area contributed by atoms with Crippen LogP contribution >= 0.6 is 0 Å². The normalized spacial score (nSPS) is 29.3. The Morgan fingerprint density at radius 3 is 2.87 bits per heavy atom. The Balaban J connectivity index is 2.15. The molecule has 1 rings (SSSR count). The molecule has 2 nitrogen and oxygen atoms in total. The maximum Gasteiger partial charge on any atom is 0.0212 e. The third-order valence-corrected chi connectivity index (χ3v) is 3.45. The van der Waals surface area contributed by atoms with E-state index < -0.39 is 0 Å². The lowest BCUT2D eigenvalue weighted by Crippen LogP contribution is -2.38. The minimum absolute atomic E-state index is 0.647. The topological polar surface area (TPSA) is 15.3 Å². The summed E-state index contributed by atoms with van der Waals surface area (Å²) in [7, 11) is 2.22. The highest BCUT2D eigenvalue weighted by molar-refractivity contribution is 4.86. The van der Waals surface area contributed by atoms with Crippen LogP contribution in [0.4, 0.5) is 0 Å². The molecule has 1 aliphatic rings. The molecule has 1 saturated heterocycles. The smallest absolute Gasteiger partial charge is 0.0212 e. The Hall–Kier alpha value is -0.340. The van der Waals surface area contributed by atoms with Crippen LogP contribution in [0.3, 0.4) is 0 Å². The standard InChI is InChI=1S/C13H26N2/c1-5-6-7-8-11(2)14-13-9-12(3)15(4)10-13/h5,11-14H,1,6-10H2,2-4H3. The minimum Gasteiger partial charge on any atom is -0.310 e. The molecule has 1 fully saturated rings. The van der Waals surface area contributed by atoms with Crippen LogP contribution in [0, 0.1) is 0 Å². The van der Waals surface area contributed by atoms with Gasteiger partial charge in [-0.3, -0.25) is 0 Å². The quantitative estimate of drug-likeness (QED) is 0.535. The van der Waals surface area contributed by atoms with Crippen molar-refractivity contribution in [3.05, 3.63) is 12.7 Å². The monoisotopic (exact) mass is 210 g/mol. The molecule has 1 N–H and O–H groups in total. The van der Waals surface area contributed by atoms with E-state index in [0.717, 1.165) is 12.5 Å². The van der Waals surface area contributed by atoms with Crippen LogP contribution in [0.1, 0.15) is 39.5 Å². The molecule has 0 aromatic rings. The van der Waals surface area contributed by atoms with E-state index in [-0.39, 0.29) is 0 Å². The lowest BCUT2D eigenvalue weighted by molar-refractivity contribution is 0.324. The van der Waals surface area contributed by atoms with Crippen molar-refractivity contribution in [2.75, 3.05) is 13.6 Å². The van der Waals surface area contributed by atoms with Gasteiger partial charge in [-0.1, -0.05) is 6.08 Å². The third-order valence-electron chi connectivity index (χ3n) is 3.45. The average molecular weight is 210 g/mol. The maximum atomic E-state index is 3.75. The molecule has 0 spiro atoms. The van der Waals surface area contributed by atoms with Crippen LogP contribution in [0.5, 0.6) is 0 Å². The lowest BCUT2D eigenvalue weighted by Gasteiger charge is -2.19. The Morgan fingerprint density at radius 2 is 2.33 bits per heavy atom. The molecule has 15 heavy (non-hydrogen) atoms. The van der Waals surface area contributed by atoms with E-state index in [1.165, 1.54) is 25.8 Å². The van der Waals surface area contributed by atoms with Gasteiger partial charge in [0.15, 0.2) is 0 Å². The fraction of sp³-hybridized carbons (Fsp3) is 0.846. The van der Waals surface area contributed by atoms with Crippen LogP contribution in [0.2, 0.25) is 0 Å². The number of likely N-dealkylation sites (N-methyl/N-ethyl adjacent to an activating group) is 1. The molecule has 0 aromatic carbocycles. The van der Waals surface area contributed by atoms with Gasteiger partial charge in [0.2, 0.25) is 0 Å². The highest BCUT2D eigenvalue weighted by atomic mass is 15.2. The maximum absolute atomic E-state index is 3.75. The number of likely N-dealkylation sites (tertiary alicyclic amines) is 1. The Kier molecular flexibility index (Phi) is 5.34. The molecule has 0 aliphatic carbocycles. The van der Waals surface area contributed by atoms with Crippen LogP contribution in [0.25, 0.3) is 0 Å². The highest BCUT2D eigenvalue weighted by Gasteiger charge is 2.26. The van der Waals surface area contributed by atoms with E-state index >= 15 is 0 Å². The molecular formula is C13H26N2. The van der Waals surface area contributed by atoms with Crippen molar-refractivity contribution >= 4 is 0 Å². The predicted molar refractivity (Wildman–Crippen MR) is 67.1 cm³/mol. The van der Waals surface area contributed by atoms with Crippen LogP contribution in [-0.4, -0.2) is 36.6 Å². The highest BCUT2D eigenvalue weighted by Crippen LogP contribution is 2.16. The van der Waals surface area contributed by atoms with Crippen molar-refractivity contribution in [1.29, 1.82) is 0 Å². The van der Waals surface area contributed by atoms with Gasteiger partial charge in [-0.25, -0.2) is 0 Å². The number of nitrogens with zero attached hydrogens (tertiary/aromatic N) is 1. The van der Waals surface area contributed by atoms with Gasteiger partial charge in [-0.15, -0.1) is 6.58 Å². The first-order valence-electron chi connectivity index (χ1n) is 6.20. The number of hydrogen-bond donors (Lipinski definition) is 1. The van der Waals surface area contributed by atoms with Gasteiger partial charge in [0.05, 0.1) is 0 Å². The van der Waals surface area contributed by atoms with Gasteiger partial charge in [-0.2, -0.15) is 0 Å². The minimum atomic E-state index is 0.647. The van der Waals surface area contributed by atoms with E-state index in [1.807, 2.05) is 6.08 Å². The van der Waals surface area contributed by atoms with Gasteiger partial charge in [0.1, 0.15) is 0 Å². The zero-order valence-electron chi connectivity index (χ0n) is 10.5. The van der Waals surface area contributed by atoms with Crippen molar-refractivity contribution in [3.63, 3.8) is 0 Å². The summed E-state index contributed by atoms with van der Waals surface area (Å²) < 4.78 is 0. The van der Waals surface area contributed by atoms with Gasteiger partial charge >= 0.3 is 0 Å². The first-order valence-corrected chi connectivity index (χ1v) is 6.20. The fourth-order valence-corrected chi connectivity index (χ4v) is 2.37. The molecule has 0 amide bonds. The largest absolute Gasteiger partial charge is 0.310 e. The second-order valence-electron chi connectivity index (χ2n) is 5.01. The zero-order valence-corrected chi connectivity index (χ0v) is 10.5. The van der Waals surface area contributed by atoms with E-state index in [9.17, 15) is 0 Å². The molecule has 88 valence electrons. The number of nitrogens with one attached hydrogen (secondary N) is 1. The Morgan fingerprint density at radius 1 is 1.60 bits per heavy atom. The van der Waals surface area contributed by atoms with Gasteiger partial charge < -0.3 is 10.2 Å². The van der Waals surface area contributed by atoms with Crippen molar-refractivity contribution in [2.24, 2.45) is 0 Å². The van der Waals surface area contributed by atoms with Crippen LogP contribution in [0.15, 0.2) is 12.7 Å². The second kappa shape index (κ2) is 6.29. The molecule has 0 bridgehead atoms. The van der Waals surface area contributed by atoms with E-state index in [0.29, 0.717) is 12.1 Å². The fourth-order valence-electron chi connectivity index (χ4n) is 2.37. The van der Waals surface area contributed by atoms with Gasteiger partial charge in [0.25, 0.3) is 0 Å². The van der Waals surface area contributed by atoms with Crippen molar-refractivity contribution in [3.8, 4) is 0 Å². The number of rotatable bonds is 6. The van der Waals surface area contributed by atoms with E-state index in [2.05, 4.69) is 37.7 Å². The lowest BCUT2D eigenvalue weighted by atomic mass is 10.1. The molecule has 1 aliphatic heterocycles. The summed E-state index contributed by atoms with van der Waals surface area (Å²) in [6, 6.07) is 2.08.